The summed E-state index contributed by atoms with van der Waals surface area (Å²) >= 11 is 0. The molecule has 1 aliphatic rings. The average molecular weight is 380 g/mol. The van der Waals surface area contributed by atoms with Gasteiger partial charge < -0.3 is 15.5 Å². The lowest BCUT2D eigenvalue weighted by molar-refractivity contribution is 0.287. The number of nitrogens with two attached hydrogens (primary N) is 1. The molecule has 1 fully saturated rings. The van der Waals surface area contributed by atoms with Gasteiger partial charge in [0.15, 0.2) is 5.82 Å². The fourth-order valence-electron chi connectivity index (χ4n) is 3.61. The first-order valence-corrected chi connectivity index (χ1v) is 10.2. The van der Waals surface area contributed by atoms with Crippen molar-refractivity contribution in [2.24, 2.45) is 0 Å². The zero-order valence-corrected chi connectivity index (χ0v) is 16.4. The summed E-state index contributed by atoms with van der Waals surface area (Å²) in [5.41, 5.74) is 11.0. The van der Waals surface area contributed by atoms with Crippen LogP contribution in [-0.4, -0.2) is 44.5 Å². The van der Waals surface area contributed by atoms with E-state index in [0.29, 0.717) is 24.9 Å². The van der Waals surface area contributed by atoms with E-state index in [-0.39, 0.29) is 0 Å². The first-order chi connectivity index (χ1) is 13.7. The number of pyridine rings is 1. The lowest BCUT2D eigenvalue weighted by atomic mass is 10.1. The van der Waals surface area contributed by atoms with Gasteiger partial charge in [0.1, 0.15) is 11.0 Å². The Morgan fingerprint density at radius 2 is 2.07 bits per heavy atom. The fraction of sp³-hybridized carbons (Fsp3) is 0.476. The quantitative estimate of drug-likeness (QED) is 0.583. The minimum atomic E-state index is 0.341. The predicted molar refractivity (Wildman–Crippen MR) is 110 cm³/mol. The molecule has 3 N–H and O–H groups in total. The number of nitrogens with one attached hydrogen (secondary N) is 1. The number of unbranched alkanes of at least 4 members (excludes halogenated alkanes) is 1. The van der Waals surface area contributed by atoms with Gasteiger partial charge in [0.25, 0.3) is 0 Å². The van der Waals surface area contributed by atoms with Crippen LogP contribution < -0.4 is 10.5 Å². The summed E-state index contributed by atoms with van der Waals surface area (Å²) in [5, 5.41) is 0. The Morgan fingerprint density at radius 3 is 2.82 bits per heavy atom. The van der Waals surface area contributed by atoms with Gasteiger partial charge in [0.2, 0.25) is 0 Å². The van der Waals surface area contributed by atoms with E-state index in [0.717, 1.165) is 41.7 Å². The largest absolute Gasteiger partial charge is 0.463 e. The van der Waals surface area contributed by atoms with Crippen molar-refractivity contribution in [3.05, 3.63) is 41.3 Å². The summed E-state index contributed by atoms with van der Waals surface area (Å²) in [7, 11) is 0. The summed E-state index contributed by atoms with van der Waals surface area (Å²) in [5.74, 6) is 0.414. The molecule has 0 saturated carbocycles. The Bertz CT molecular complexity index is 915. The van der Waals surface area contributed by atoms with Crippen LogP contribution in [0.3, 0.4) is 0 Å². The van der Waals surface area contributed by atoms with E-state index >= 15 is 0 Å². The Labute approximate surface area is 165 Å². The highest BCUT2D eigenvalue weighted by Gasteiger charge is 2.14. The minimum absolute atomic E-state index is 0.341. The van der Waals surface area contributed by atoms with Crippen molar-refractivity contribution in [2.45, 2.75) is 45.6 Å². The van der Waals surface area contributed by atoms with Gasteiger partial charge in [-0.1, -0.05) is 19.4 Å². The van der Waals surface area contributed by atoms with E-state index in [1.165, 1.54) is 31.5 Å². The number of likely N-dealkylation sites (tertiary alicyclic amines) is 1. The maximum Gasteiger partial charge on any atom is 0.319 e. The van der Waals surface area contributed by atoms with Crippen LogP contribution in [0.25, 0.3) is 11.0 Å². The molecule has 0 atom stereocenters. The number of ether oxygens (including phenoxy) is 1. The monoisotopic (exact) mass is 380 g/mol. The van der Waals surface area contributed by atoms with Crippen LogP contribution in [0.4, 0.5) is 5.82 Å². The predicted octanol–water partition coefficient (Wildman–Crippen LogP) is 3.30. The van der Waals surface area contributed by atoms with Crippen LogP contribution in [0, 0.1) is 0 Å². The Balaban J connectivity index is 1.49. The molecule has 3 aromatic heterocycles. The summed E-state index contributed by atoms with van der Waals surface area (Å²) in [6.07, 6.45) is 9.26. The van der Waals surface area contributed by atoms with Crippen molar-refractivity contribution in [1.82, 2.24) is 24.8 Å². The molecule has 1 aliphatic heterocycles. The number of hydrogen-bond donors (Lipinski definition) is 2. The van der Waals surface area contributed by atoms with Crippen molar-refractivity contribution in [1.29, 1.82) is 0 Å². The molecule has 0 aliphatic carbocycles. The Morgan fingerprint density at radius 1 is 1.21 bits per heavy atom. The van der Waals surface area contributed by atoms with Crippen LogP contribution >= 0.6 is 0 Å². The van der Waals surface area contributed by atoms with Gasteiger partial charge in [-0.25, -0.2) is 0 Å². The van der Waals surface area contributed by atoms with Gasteiger partial charge in [-0.2, -0.15) is 9.97 Å². The van der Waals surface area contributed by atoms with Gasteiger partial charge in [-0.15, -0.1) is 0 Å². The van der Waals surface area contributed by atoms with Crippen molar-refractivity contribution < 1.29 is 4.74 Å². The number of anilines is 1. The van der Waals surface area contributed by atoms with Crippen molar-refractivity contribution in [2.75, 3.05) is 25.4 Å². The van der Waals surface area contributed by atoms with Crippen LogP contribution in [-0.2, 0) is 13.0 Å². The van der Waals surface area contributed by atoms with Gasteiger partial charge in [-0.05, 0) is 44.0 Å². The zero-order chi connectivity index (χ0) is 19.3. The molecule has 4 rings (SSSR count). The third kappa shape index (κ3) is 4.25. The molecule has 0 unspecified atom stereocenters. The van der Waals surface area contributed by atoms with Crippen LogP contribution in [0.15, 0.2) is 24.5 Å². The lowest BCUT2D eigenvalue weighted by Crippen LogP contribution is -2.18. The van der Waals surface area contributed by atoms with E-state index in [4.69, 9.17) is 10.5 Å². The van der Waals surface area contributed by atoms with E-state index in [9.17, 15) is 0 Å². The number of rotatable bonds is 8. The summed E-state index contributed by atoms with van der Waals surface area (Å²) in [6.45, 7) is 6.10. The second kappa shape index (κ2) is 8.56. The third-order valence-corrected chi connectivity index (χ3v) is 5.20. The normalized spacial score (nSPS) is 14.8. The first kappa shape index (κ1) is 18.7. The van der Waals surface area contributed by atoms with Crippen LogP contribution in [0.2, 0.25) is 0 Å². The van der Waals surface area contributed by atoms with Gasteiger partial charge in [0.05, 0.1) is 6.61 Å². The van der Waals surface area contributed by atoms with Crippen molar-refractivity contribution in [3.8, 4) is 6.01 Å². The Kier molecular flexibility index (Phi) is 5.71. The molecule has 0 spiro atoms. The molecule has 28 heavy (non-hydrogen) atoms. The van der Waals surface area contributed by atoms with E-state index in [1.807, 2.05) is 12.4 Å². The average Bonchev–Trinajstić information content (AvgIpc) is 3.34. The molecule has 4 heterocycles. The molecule has 1 saturated heterocycles. The second-order valence-corrected chi connectivity index (χ2v) is 7.45. The number of nitrogen functional groups attached to an aromatic ring is 1. The molecule has 0 aromatic carbocycles. The molecule has 148 valence electrons. The molecule has 0 radical (unpaired) electrons. The molecule has 7 nitrogen and oxygen atoms in total. The highest BCUT2D eigenvalue weighted by atomic mass is 16.5. The fourth-order valence-corrected chi connectivity index (χ4v) is 3.61. The van der Waals surface area contributed by atoms with E-state index in [1.54, 1.807) is 0 Å². The van der Waals surface area contributed by atoms with Crippen LogP contribution in [0.1, 0.15) is 49.4 Å². The lowest BCUT2D eigenvalue weighted by Gasteiger charge is -2.14. The summed E-state index contributed by atoms with van der Waals surface area (Å²) in [6, 6.07) is 4.62. The van der Waals surface area contributed by atoms with Gasteiger partial charge in [-0.3, -0.25) is 9.88 Å². The number of aromatic amines is 1. The summed E-state index contributed by atoms with van der Waals surface area (Å²) < 4.78 is 5.65. The van der Waals surface area contributed by atoms with Crippen LogP contribution in [0.5, 0.6) is 6.01 Å². The number of fused-ring (bicyclic) bond motifs is 1. The second-order valence-electron chi connectivity index (χ2n) is 7.45. The van der Waals surface area contributed by atoms with Crippen molar-refractivity contribution in [3.63, 3.8) is 0 Å². The smallest absolute Gasteiger partial charge is 0.319 e. The number of nitrogens with zero attached hydrogens (tertiary/aromatic N) is 4. The van der Waals surface area contributed by atoms with Crippen molar-refractivity contribution >= 4 is 16.9 Å². The minimum Gasteiger partial charge on any atom is -0.463 e. The van der Waals surface area contributed by atoms with Gasteiger partial charge in [0, 0.05) is 36.6 Å². The maximum atomic E-state index is 6.08. The Hall–Kier alpha value is -2.67. The SMILES string of the molecule is CCCCOc1nc(N)c2[nH]cc(Cc3ccc(CN4CCCC4)cn3)c2n1. The molecule has 3 aromatic rings. The topological polar surface area (TPSA) is 93.0 Å². The molecule has 0 bridgehead atoms. The number of hydrogen-bond acceptors (Lipinski definition) is 6. The summed E-state index contributed by atoms with van der Waals surface area (Å²) in [4.78, 5) is 19.2. The number of H-pyrrole nitrogens is 1. The van der Waals surface area contributed by atoms with Gasteiger partial charge >= 0.3 is 6.01 Å². The third-order valence-electron chi connectivity index (χ3n) is 5.20. The highest BCUT2D eigenvalue weighted by molar-refractivity contribution is 5.87. The maximum absolute atomic E-state index is 6.08. The molecular weight excluding hydrogens is 352 g/mol. The van der Waals surface area contributed by atoms with E-state index in [2.05, 4.69) is 43.9 Å². The molecule has 0 amide bonds. The highest BCUT2D eigenvalue weighted by Crippen LogP contribution is 2.24. The number of aromatic nitrogens is 4. The molecule has 7 heteroatoms. The molecular formula is C21H28N6O. The standard InChI is InChI=1S/C21H28N6O/c1-2-3-10-28-21-25-18-16(13-24-19(18)20(22)26-21)11-17-7-6-15(12-23-17)14-27-8-4-5-9-27/h6-7,12-13,24H,2-5,8-11,14H2,1H3,(H2,22,25,26). The van der Waals surface area contributed by atoms with E-state index < -0.39 is 0 Å². The zero-order valence-electron chi connectivity index (χ0n) is 16.4. The first-order valence-electron chi connectivity index (χ1n) is 10.2.